The highest BCUT2D eigenvalue weighted by Gasteiger charge is 2.31. The predicted molar refractivity (Wildman–Crippen MR) is 77.2 cm³/mol. The summed E-state index contributed by atoms with van der Waals surface area (Å²) in [4.78, 5) is 0. The van der Waals surface area contributed by atoms with Crippen LogP contribution < -0.4 is 9.47 Å². The van der Waals surface area contributed by atoms with Crippen molar-refractivity contribution < 1.29 is 14.6 Å². The second-order valence-corrected chi connectivity index (χ2v) is 4.91. The molecule has 1 N–H and O–H groups in total. The highest BCUT2D eigenvalue weighted by molar-refractivity contribution is 5.42. The van der Waals surface area contributed by atoms with E-state index >= 15 is 0 Å². The third-order valence-corrected chi connectivity index (χ3v) is 3.63. The third-order valence-electron chi connectivity index (χ3n) is 3.63. The van der Waals surface area contributed by atoms with E-state index in [9.17, 15) is 5.11 Å². The van der Waals surface area contributed by atoms with Gasteiger partial charge >= 0.3 is 0 Å². The molecule has 3 heteroatoms. The summed E-state index contributed by atoms with van der Waals surface area (Å²) in [6.45, 7) is 3.08. The quantitative estimate of drug-likeness (QED) is 0.926. The number of rotatable bonds is 4. The molecule has 3 nitrogen and oxygen atoms in total. The summed E-state index contributed by atoms with van der Waals surface area (Å²) in [6, 6.07) is 15.5. The van der Waals surface area contributed by atoms with Crippen molar-refractivity contribution in [3.63, 3.8) is 0 Å². The Morgan fingerprint density at radius 1 is 1.25 bits per heavy atom. The number of hydrogen-bond donors (Lipinski definition) is 1. The Kier molecular flexibility index (Phi) is 3.61. The maximum Gasteiger partial charge on any atom is 0.123 e. The van der Waals surface area contributed by atoms with Crippen LogP contribution in [0.3, 0.4) is 0 Å². The number of hydrogen-bond acceptors (Lipinski definition) is 3. The fourth-order valence-electron chi connectivity index (χ4n) is 2.64. The van der Waals surface area contributed by atoms with Gasteiger partial charge in [0.2, 0.25) is 0 Å². The van der Waals surface area contributed by atoms with E-state index in [4.69, 9.17) is 9.47 Å². The van der Waals surface area contributed by atoms with Gasteiger partial charge in [0.05, 0.1) is 25.2 Å². The zero-order valence-electron chi connectivity index (χ0n) is 11.5. The van der Waals surface area contributed by atoms with E-state index in [-0.39, 0.29) is 5.92 Å². The number of benzene rings is 2. The molecule has 1 heterocycles. The van der Waals surface area contributed by atoms with Gasteiger partial charge in [-0.15, -0.1) is 0 Å². The molecule has 0 radical (unpaired) electrons. The van der Waals surface area contributed by atoms with Crippen LogP contribution in [0.25, 0.3) is 0 Å². The van der Waals surface area contributed by atoms with Crippen LogP contribution in [0.4, 0.5) is 0 Å². The molecule has 2 unspecified atom stereocenters. The molecule has 0 fully saturated rings. The first-order chi connectivity index (χ1) is 9.79. The molecule has 0 bridgehead atoms. The van der Waals surface area contributed by atoms with Gasteiger partial charge in [0.15, 0.2) is 0 Å². The van der Waals surface area contributed by atoms with Gasteiger partial charge in [-0.1, -0.05) is 30.3 Å². The first-order valence-electron chi connectivity index (χ1n) is 6.92. The maximum absolute atomic E-state index is 10.6. The lowest BCUT2D eigenvalue weighted by molar-refractivity contribution is 0.130. The monoisotopic (exact) mass is 270 g/mol. The van der Waals surface area contributed by atoms with Crippen LogP contribution in [0.5, 0.6) is 11.5 Å². The lowest BCUT2D eigenvalue weighted by Crippen LogP contribution is -2.12. The van der Waals surface area contributed by atoms with Crippen molar-refractivity contribution in [3.05, 3.63) is 59.7 Å². The van der Waals surface area contributed by atoms with Gasteiger partial charge in [-0.3, -0.25) is 0 Å². The number of aliphatic hydroxyl groups excluding tert-OH is 1. The lowest BCUT2D eigenvalue weighted by Gasteiger charge is -2.18. The standard InChI is InChI=1S/C17H18O3/c1-2-19-13-7-5-6-12(10-13)17(18)15-11-20-16-9-4-3-8-14(15)16/h3-10,15,17-18H,2,11H2,1H3. The Morgan fingerprint density at radius 3 is 2.95 bits per heavy atom. The summed E-state index contributed by atoms with van der Waals surface area (Å²) < 4.78 is 11.1. The summed E-state index contributed by atoms with van der Waals surface area (Å²) >= 11 is 0. The number of fused-ring (bicyclic) bond motifs is 1. The van der Waals surface area contributed by atoms with Crippen LogP contribution >= 0.6 is 0 Å². The minimum absolute atomic E-state index is 0.0249. The van der Waals surface area contributed by atoms with Crippen molar-refractivity contribution in [1.29, 1.82) is 0 Å². The van der Waals surface area contributed by atoms with Gasteiger partial charge in [0.25, 0.3) is 0 Å². The Hall–Kier alpha value is -2.00. The molecule has 1 aliphatic heterocycles. The summed E-state index contributed by atoms with van der Waals surface area (Å²) in [5.41, 5.74) is 1.93. The van der Waals surface area contributed by atoms with Crippen LogP contribution in [-0.2, 0) is 0 Å². The molecule has 104 valence electrons. The van der Waals surface area contributed by atoms with E-state index in [2.05, 4.69) is 0 Å². The van der Waals surface area contributed by atoms with Gasteiger partial charge in [-0.2, -0.15) is 0 Å². The second kappa shape index (κ2) is 5.55. The fraction of sp³-hybridized carbons (Fsp3) is 0.294. The Balaban J connectivity index is 1.86. The van der Waals surface area contributed by atoms with Crippen LogP contribution in [0, 0.1) is 0 Å². The lowest BCUT2D eigenvalue weighted by atomic mass is 9.91. The zero-order valence-corrected chi connectivity index (χ0v) is 11.5. The highest BCUT2D eigenvalue weighted by atomic mass is 16.5. The maximum atomic E-state index is 10.6. The summed E-state index contributed by atoms with van der Waals surface area (Å²) in [6.07, 6.45) is -0.584. The van der Waals surface area contributed by atoms with E-state index in [0.29, 0.717) is 13.2 Å². The number of ether oxygens (including phenoxy) is 2. The Bertz CT molecular complexity index is 594. The smallest absolute Gasteiger partial charge is 0.123 e. The van der Waals surface area contributed by atoms with Crippen LogP contribution in [-0.4, -0.2) is 18.3 Å². The minimum atomic E-state index is -0.584. The SMILES string of the molecule is CCOc1cccc(C(O)C2COc3ccccc32)c1. The molecule has 20 heavy (non-hydrogen) atoms. The van der Waals surface area contributed by atoms with Crippen LogP contribution in [0.15, 0.2) is 48.5 Å². The third kappa shape index (κ3) is 2.37. The molecule has 2 aromatic carbocycles. The van der Waals surface area contributed by atoms with Crippen molar-refractivity contribution in [2.45, 2.75) is 18.9 Å². The van der Waals surface area contributed by atoms with Crippen LogP contribution in [0.2, 0.25) is 0 Å². The number of para-hydroxylation sites is 1. The van der Waals surface area contributed by atoms with E-state index in [1.807, 2.05) is 55.5 Å². The number of aliphatic hydroxyl groups is 1. The average molecular weight is 270 g/mol. The first-order valence-corrected chi connectivity index (χ1v) is 6.92. The van der Waals surface area contributed by atoms with E-state index in [1.165, 1.54) is 0 Å². The van der Waals surface area contributed by atoms with E-state index in [0.717, 1.165) is 22.6 Å². The summed E-state index contributed by atoms with van der Waals surface area (Å²) in [5.74, 6) is 1.64. The normalized spacial score (nSPS) is 18.2. The van der Waals surface area contributed by atoms with E-state index in [1.54, 1.807) is 0 Å². The molecule has 0 saturated heterocycles. The Labute approximate surface area is 118 Å². The molecular formula is C17H18O3. The average Bonchev–Trinajstić information content (AvgIpc) is 2.91. The van der Waals surface area contributed by atoms with Crippen molar-refractivity contribution in [3.8, 4) is 11.5 Å². The van der Waals surface area contributed by atoms with Crippen molar-refractivity contribution >= 4 is 0 Å². The van der Waals surface area contributed by atoms with Gasteiger partial charge in [0.1, 0.15) is 11.5 Å². The minimum Gasteiger partial charge on any atom is -0.494 e. The molecule has 0 spiro atoms. The van der Waals surface area contributed by atoms with Gasteiger partial charge in [-0.05, 0) is 30.7 Å². The van der Waals surface area contributed by atoms with Crippen molar-refractivity contribution in [2.24, 2.45) is 0 Å². The molecule has 0 saturated carbocycles. The molecule has 1 aliphatic rings. The molecule has 2 aromatic rings. The second-order valence-electron chi connectivity index (χ2n) is 4.91. The highest BCUT2D eigenvalue weighted by Crippen LogP contribution is 2.41. The Morgan fingerprint density at radius 2 is 2.10 bits per heavy atom. The molecular weight excluding hydrogens is 252 g/mol. The fourth-order valence-corrected chi connectivity index (χ4v) is 2.64. The molecule has 0 aliphatic carbocycles. The molecule has 3 rings (SSSR count). The largest absolute Gasteiger partial charge is 0.494 e. The molecule has 0 amide bonds. The first kappa shape index (κ1) is 13.0. The van der Waals surface area contributed by atoms with E-state index < -0.39 is 6.10 Å². The topological polar surface area (TPSA) is 38.7 Å². The predicted octanol–water partition coefficient (Wildman–Crippen LogP) is 3.29. The van der Waals surface area contributed by atoms with Crippen molar-refractivity contribution in [2.75, 3.05) is 13.2 Å². The molecule has 0 aromatic heterocycles. The summed E-state index contributed by atoms with van der Waals surface area (Å²) in [5, 5.41) is 10.6. The van der Waals surface area contributed by atoms with Gasteiger partial charge in [-0.25, -0.2) is 0 Å². The van der Waals surface area contributed by atoms with Gasteiger partial charge < -0.3 is 14.6 Å². The van der Waals surface area contributed by atoms with Crippen LogP contribution in [0.1, 0.15) is 30.1 Å². The van der Waals surface area contributed by atoms with Crippen molar-refractivity contribution in [1.82, 2.24) is 0 Å². The zero-order chi connectivity index (χ0) is 13.9. The van der Waals surface area contributed by atoms with Gasteiger partial charge in [0, 0.05) is 5.56 Å². The summed E-state index contributed by atoms with van der Waals surface area (Å²) in [7, 11) is 0. The molecule has 2 atom stereocenters.